The fourth-order valence-electron chi connectivity index (χ4n) is 1.35. The molecule has 6 heteroatoms. The largest absolute Gasteiger partial charge is 0.481 e. The van der Waals surface area contributed by atoms with Crippen molar-refractivity contribution in [2.45, 2.75) is 20.0 Å². The molecule has 0 fully saturated rings. The van der Waals surface area contributed by atoms with E-state index in [2.05, 4.69) is 5.32 Å². The van der Waals surface area contributed by atoms with Crippen molar-refractivity contribution >= 4 is 11.9 Å². The summed E-state index contributed by atoms with van der Waals surface area (Å²) in [5.74, 6) is -1.53. The lowest BCUT2D eigenvalue weighted by Crippen LogP contribution is -2.39. The number of carbonyl (C=O) groups excluding carboxylic acids is 1. The van der Waals surface area contributed by atoms with Crippen molar-refractivity contribution in [3.63, 3.8) is 0 Å². The minimum absolute atomic E-state index is 0.0508. The second kappa shape index (κ2) is 7.14. The van der Waals surface area contributed by atoms with Crippen LogP contribution in [0.4, 0.5) is 0 Å². The Morgan fingerprint density at radius 2 is 1.95 bits per heavy atom. The maximum absolute atomic E-state index is 11.7. The predicted molar refractivity (Wildman–Crippen MR) is 71.1 cm³/mol. The van der Waals surface area contributed by atoms with Gasteiger partial charge in [0.1, 0.15) is 5.75 Å². The first kappa shape index (κ1) is 15.5. The van der Waals surface area contributed by atoms with Crippen molar-refractivity contribution in [2.24, 2.45) is 5.92 Å². The highest BCUT2D eigenvalue weighted by Gasteiger charge is 2.17. The molecule has 0 spiro atoms. The van der Waals surface area contributed by atoms with E-state index >= 15 is 0 Å². The Morgan fingerprint density at radius 1 is 1.35 bits per heavy atom. The zero-order valence-corrected chi connectivity index (χ0v) is 11.3. The van der Waals surface area contributed by atoms with E-state index in [4.69, 9.17) is 15.1 Å². The van der Waals surface area contributed by atoms with Crippen molar-refractivity contribution in [1.82, 2.24) is 5.32 Å². The van der Waals surface area contributed by atoms with Gasteiger partial charge in [0.05, 0.1) is 17.6 Å². The Morgan fingerprint density at radius 3 is 2.45 bits per heavy atom. The predicted octanol–water partition coefficient (Wildman–Crippen LogP) is 1.16. The number of benzene rings is 1. The van der Waals surface area contributed by atoms with Crippen LogP contribution >= 0.6 is 0 Å². The van der Waals surface area contributed by atoms with Gasteiger partial charge >= 0.3 is 5.97 Å². The van der Waals surface area contributed by atoms with Crippen LogP contribution in [0.2, 0.25) is 0 Å². The van der Waals surface area contributed by atoms with Crippen molar-refractivity contribution in [2.75, 3.05) is 6.54 Å². The van der Waals surface area contributed by atoms with Crippen LogP contribution in [0.15, 0.2) is 24.3 Å². The van der Waals surface area contributed by atoms with Gasteiger partial charge in [0, 0.05) is 6.54 Å². The molecule has 0 aliphatic rings. The zero-order valence-electron chi connectivity index (χ0n) is 11.3. The summed E-state index contributed by atoms with van der Waals surface area (Å²) in [6, 6.07) is 8.36. The maximum atomic E-state index is 11.7. The van der Waals surface area contributed by atoms with E-state index in [1.54, 1.807) is 31.2 Å². The summed E-state index contributed by atoms with van der Waals surface area (Å²) >= 11 is 0. The van der Waals surface area contributed by atoms with Crippen molar-refractivity contribution < 1.29 is 19.4 Å². The molecule has 0 heterocycles. The van der Waals surface area contributed by atoms with Gasteiger partial charge in [-0.15, -0.1) is 0 Å². The highest BCUT2D eigenvalue weighted by atomic mass is 16.5. The first-order valence-corrected chi connectivity index (χ1v) is 6.11. The summed E-state index contributed by atoms with van der Waals surface area (Å²) in [6.07, 6.45) is -0.746. The van der Waals surface area contributed by atoms with E-state index in [0.717, 1.165) is 0 Å². The number of nitriles is 1. The third-order valence-electron chi connectivity index (χ3n) is 2.67. The Bertz CT molecular complexity index is 519. The molecule has 1 aromatic carbocycles. The zero-order chi connectivity index (χ0) is 15.1. The molecule has 1 rings (SSSR count). The fourth-order valence-corrected chi connectivity index (χ4v) is 1.35. The molecule has 20 heavy (non-hydrogen) atoms. The molecule has 2 atom stereocenters. The molecule has 0 bridgehead atoms. The third kappa shape index (κ3) is 4.61. The number of hydrogen-bond donors (Lipinski definition) is 2. The van der Waals surface area contributed by atoms with Crippen LogP contribution in [-0.2, 0) is 9.59 Å². The van der Waals surface area contributed by atoms with E-state index < -0.39 is 18.0 Å². The third-order valence-corrected chi connectivity index (χ3v) is 2.67. The number of carboxylic acids is 1. The SMILES string of the molecule is CC(CNC(=O)C(C)Oc1ccc(C#N)cc1)C(=O)O. The van der Waals surface area contributed by atoms with E-state index in [0.29, 0.717) is 11.3 Å². The minimum Gasteiger partial charge on any atom is -0.481 e. The Hall–Kier alpha value is -2.55. The number of ether oxygens (including phenoxy) is 1. The number of nitrogens with one attached hydrogen (secondary N) is 1. The van der Waals surface area contributed by atoms with Crippen molar-refractivity contribution in [3.8, 4) is 11.8 Å². The molecule has 2 N–H and O–H groups in total. The van der Waals surface area contributed by atoms with E-state index in [-0.39, 0.29) is 12.5 Å². The molecule has 6 nitrogen and oxygen atoms in total. The van der Waals surface area contributed by atoms with E-state index in [1.807, 2.05) is 6.07 Å². The number of carbonyl (C=O) groups is 2. The van der Waals surface area contributed by atoms with Gasteiger partial charge in [0.25, 0.3) is 5.91 Å². The molecule has 106 valence electrons. The highest BCUT2D eigenvalue weighted by Crippen LogP contribution is 2.13. The number of rotatable bonds is 6. The minimum atomic E-state index is -0.967. The second-order valence-electron chi connectivity index (χ2n) is 4.38. The number of nitrogens with zero attached hydrogens (tertiary/aromatic N) is 1. The van der Waals surface area contributed by atoms with Gasteiger partial charge in [-0.1, -0.05) is 6.92 Å². The monoisotopic (exact) mass is 276 g/mol. The molecule has 0 saturated heterocycles. The van der Waals surface area contributed by atoms with Gasteiger partial charge < -0.3 is 15.2 Å². The summed E-state index contributed by atoms with van der Waals surface area (Å²) < 4.78 is 5.40. The smallest absolute Gasteiger partial charge is 0.308 e. The lowest BCUT2D eigenvalue weighted by atomic mass is 10.2. The summed E-state index contributed by atoms with van der Waals surface area (Å²) in [6.45, 7) is 3.13. The van der Waals surface area contributed by atoms with Gasteiger partial charge in [-0.2, -0.15) is 5.26 Å². The summed E-state index contributed by atoms with van der Waals surface area (Å²) in [5, 5.41) is 19.9. The van der Waals surface area contributed by atoms with Gasteiger partial charge in [-0.05, 0) is 31.2 Å². The average molecular weight is 276 g/mol. The number of aliphatic carboxylic acids is 1. The Balaban J connectivity index is 2.48. The number of hydrogen-bond acceptors (Lipinski definition) is 4. The first-order chi connectivity index (χ1) is 9.43. The second-order valence-corrected chi connectivity index (χ2v) is 4.38. The number of carboxylic acid groups (broad SMARTS) is 1. The fraction of sp³-hybridized carbons (Fsp3) is 0.357. The summed E-state index contributed by atoms with van der Waals surface area (Å²) in [5.41, 5.74) is 0.504. The molecule has 0 aliphatic heterocycles. The molecule has 0 saturated carbocycles. The quantitative estimate of drug-likeness (QED) is 0.812. The van der Waals surface area contributed by atoms with Crippen molar-refractivity contribution in [3.05, 3.63) is 29.8 Å². The molecule has 2 unspecified atom stereocenters. The standard InChI is InChI=1S/C14H16N2O4/c1-9(14(18)19)8-16-13(17)10(2)20-12-5-3-11(7-15)4-6-12/h3-6,9-10H,8H2,1-2H3,(H,16,17)(H,18,19). The van der Waals surface area contributed by atoms with Crippen LogP contribution in [-0.4, -0.2) is 29.6 Å². The molecular formula is C14H16N2O4. The highest BCUT2D eigenvalue weighted by molar-refractivity contribution is 5.81. The molecule has 0 aromatic heterocycles. The molecular weight excluding hydrogens is 260 g/mol. The van der Waals surface area contributed by atoms with Gasteiger partial charge in [0.2, 0.25) is 0 Å². The summed E-state index contributed by atoms with van der Waals surface area (Å²) in [7, 11) is 0. The molecule has 0 aliphatic carbocycles. The van der Waals surface area contributed by atoms with Gasteiger partial charge in [-0.25, -0.2) is 0 Å². The lowest BCUT2D eigenvalue weighted by Gasteiger charge is -2.15. The normalized spacial score (nSPS) is 12.8. The van der Waals surface area contributed by atoms with Crippen LogP contribution in [0.1, 0.15) is 19.4 Å². The Kier molecular flexibility index (Phi) is 5.54. The van der Waals surface area contributed by atoms with Crippen molar-refractivity contribution in [1.29, 1.82) is 5.26 Å². The molecule has 1 amide bonds. The summed E-state index contributed by atoms with van der Waals surface area (Å²) in [4.78, 5) is 22.3. The lowest BCUT2D eigenvalue weighted by molar-refractivity contribution is -0.141. The van der Waals surface area contributed by atoms with Gasteiger partial charge in [-0.3, -0.25) is 9.59 Å². The van der Waals surface area contributed by atoms with Crippen LogP contribution in [0.25, 0.3) is 0 Å². The number of amides is 1. The molecule has 0 radical (unpaired) electrons. The van der Waals surface area contributed by atoms with E-state index in [9.17, 15) is 9.59 Å². The Labute approximate surface area is 117 Å². The topological polar surface area (TPSA) is 99.4 Å². The first-order valence-electron chi connectivity index (χ1n) is 6.11. The molecule has 1 aromatic rings. The van der Waals surface area contributed by atoms with Crippen LogP contribution in [0, 0.1) is 17.2 Å². The maximum Gasteiger partial charge on any atom is 0.308 e. The van der Waals surface area contributed by atoms with Crippen LogP contribution in [0.3, 0.4) is 0 Å². The average Bonchev–Trinajstić information content (AvgIpc) is 2.44. The van der Waals surface area contributed by atoms with Crippen LogP contribution < -0.4 is 10.1 Å². The van der Waals surface area contributed by atoms with Crippen LogP contribution in [0.5, 0.6) is 5.75 Å². The van der Waals surface area contributed by atoms with E-state index in [1.165, 1.54) is 6.92 Å². The van der Waals surface area contributed by atoms with Gasteiger partial charge in [0.15, 0.2) is 6.10 Å².